The Morgan fingerprint density at radius 1 is 0.852 bits per heavy atom. The number of Topliss-reactive ketones (excluding diaryl/α,β-unsaturated/α-hetero) is 1. The summed E-state index contributed by atoms with van der Waals surface area (Å²) >= 11 is 0. The van der Waals surface area contributed by atoms with E-state index in [2.05, 4.69) is 5.32 Å². The zero-order valence-electron chi connectivity index (χ0n) is 15.1. The second kappa shape index (κ2) is 6.06. The maximum Gasteiger partial charge on any atom is 0.206 e. The number of benzene rings is 3. The first kappa shape index (κ1) is 17.5. The summed E-state index contributed by atoms with van der Waals surface area (Å²) in [5.74, 6) is -0.135. The van der Waals surface area contributed by atoms with Gasteiger partial charge in [0.05, 0.1) is 9.79 Å². The number of sulfone groups is 1. The van der Waals surface area contributed by atoms with Gasteiger partial charge in [-0.3, -0.25) is 4.79 Å². The number of fused-ring (bicyclic) bond motifs is 1. The maximum absolute atomic E-state index is 13.1. The number of rotatable bonds is 3. The molecule has 0 fully saturated rings. The molecule has 4 nitrogen and oxygen atoms in total. The average molecular weight is 377 g/mol. The Bertz CT molecular complexity index is 1140. The largest absolute Gasteiger partial charge is 0.369 e. The van der Waals surface area contributed by atoms with Gasteiger partial charge in [-0.15, -0.1) is 0 Å². The van der Waals surface area contributed by atoms with Gasteiger partial charge in [-0.05, 0) is 49.7 Å². The minimum Gasteiger partial charge on any atom is -0.369 e. The summed E-state index contributed by atoms with van der Waals surface area (Å²) in [6, 6.07) is 20.8. The van der Waals surface area contributed by atoms with Crippen molar-refractivity contribution in [3.05, 3.63) is 89.5 Å². The lowest BCUT2D eigenvalue weighted by atomic mass is 9.88. The van der Waals surface area contributed by atoms with Gasteiger partial charge >= 0.3 is 0 Å². The zero-order valence-corrected chi connectivity index (χ0v) is 15.9. The highest BCUT2D eigenvalue weighted by atomic mass is 32.2. The molecule has 0 bridgehead atoms. The number of anilines is 1. The number of carbonyl (C=O) groups is 1. The van der Waals surface area contributed by atoms with Gasteiger partial charge in [0, 0.05) is 11.3 Å². The molecule has 136 valence electrons. The maximum atomic E-state index is 13.1. The number of nitrogens with one attached hydrogen (secondary N) is 1. The SMILES string of the molecule is Cc1ccc(S(=O)(=O)c2ccc3c(c2)C(=O)C(C)(c2ccccc2)N3)cc1. The van der Waals surface area contributed by atoms with Gasteiger partial charge < -0.3 is 5.32 Å². The van der Waals surface area contributed by atoms with Crippen molar-refractivity contribution in [1.82, 2.24) is 0 Å². The van der Waals surface area contributed by atoms with Crippen LogP contribution in [0.15, 0.2) is 82.6 Å². The molecule has 0 spiro atoms. The van der Waals surface area contributed by atoms with E-state index in [1.165, 1.54) is 6.07 Å². The fourth-order valence-corrected chi connectivity index (χ4v) is 4.70. The van der Waals surface area contributed by atoms with E-state index in [0.717, 1.165) is 11.1 Å². The van der Waals surface area contributed by atoms with Crippen LogP contribution in [-0.2, 0) is 15.4 Å². The number of aryl methyl sites for hydroxylation is 1. The third-order valence-corrected chi connectivity index (χ3v) is 6.83. The van der Waals surface area contributed by atoms with Gasteiger partial charge in [0.2, 0.25) is 9.84 Å². The van der Waals surface area contributed by atoms with E-state index >= 15 is 0 Å². The Morgan fingerprint density at radius 2 is 1.48 bits per heavy atom. The standard InChI is InChI=1S/C22H19NO3S/c1-15-8-10-17(11-9-15)27(25,26)18-12-13-20-19(14-18)21(24)22(2,23-20)16-6-4-3-5-7-16/h3-14,23H,1-2H3. The van der Waals surface area contributed by atoms with Crippen molar-refractivity contribution in [2.75, 3.05) is 5.32 Å². The monoisotopic (exact) mass is 377 g/mol. The summed E-state index contributed by atoms with van der Waals surface area (Å²) in [5, 5.41) is 3.26. The van der Waals surface area contributed by atoms with Gasteiger partial charge in [0.1, 0.15) is 5.54 Å². The van der Waals surface area contributed by atoms with Crippen LogP contribution < -0.4 is 5.32 Å². The first-order chi connectivity index (χ1) is 12.8. The normalized spacial score (nSPS) is 18.8. The van der Waals surface area contributed by atoms with Crippen LogP contribution in [0.5, 0.6) is 0 Å². The molecule has 1 unspecified atom stereocenters. The average Bonchev–Trinajstić information content (AvgIpc) is 2.94. The van der Waals surface area contributed by atoms with Crippen molar-refractivity contribution in [2.45, 2.75) is 29.2 Å². The molecule has 4 rings (SSSR count). The van der Waals surface area contributed by atoms with Crippen molar-refractivity contribution in [2.24, 2.45) is 0 Å². The van der Waals surface area contributed by atoms with Crippen molar-refractivity contribution >= 4 is 21.3 Å². The molecule has 1 N–H and O–H groups in total. The summed E-state index contributed by atoms with van der Waals surface area (Å²) in [7, 11) is -3.68. The zero-order chi connectivity index (χ0) is 19.2. The molecule has 1 aliphatic heterocycles. The lowest BCUT2D eigenvalue weighted by Gasteiger charge is -2.23. The van der Waals surface area contributed by atoms with E-state index in [9.17, 15) is 13.2 Å². The predicted octanol–water partition coefficient (Wildman–Crippen LogP) is 4.35. The molecule has 3 aromatic carbocycles. The molecule has 1 aliphatic rings. The lowest BCUT2D eigenvalue weighted by molar-refractivity contribution is 0.0928. The molecule has 1 heterocycles. The summed E-state index contributed by atoms with van der Waals surface area (Å²) in [6.45, 7) is 3.72. The minimum absolute atomic E-state index is 0.123. The molecule has 0 radical (unpaired) electrons. The Kier molecular flexibility index (Phi) is 3.93. The summed E-state index contributed by atoms with van der Waals surface area (Å²) in [5.41, 5.74) is 1.97. The number of hydrogen-bond donors (Lipinski definition) is 1. The van der Waals surface area contributed by atoms with E-state index in [1.54, 1.807) is 36.4 Å². The van der Waals surface area contributed by atoms with E-state index in [-0.39, 0.29) is 15.6 Å². The van der Waals surface area contributed by atoms with E-state index in [4.69, 9.17) is 0 Å². The highest BCUT2D eigenvalue weighted by Gasteiger charge is 2.43. The van der Waals surface area contributed by atoms with Crippen molar-refractivity contribution in [3.8, 4) is 0 Å². The van der Waals surface area contributed by atoms with Gasteiger partial charge in [0.15, 0.2) is 5.78 Å². The van der Waals surface area contributed by atoms with Gasteiger partial charge in [-0.25, -0.2) is 8.42 Å². The first-order valence-corrected chi connectivity index (χ1v) is 10.1. The van der Waals surface area contributed by atoms with Crippen LogP contribution in [-0.4, -0.2) is 14.2 Å². The fraction of sp³-hybridized carbons (Fsp3) is 0.136. The van der Waals surface area contributed by atoms with E-state index < -0.39 is 15.4 Å². The van der Waals surface area contributed by atoms with Crippen LogP contribution in [0.4, 0.5) is 5.69 Å². The van der Waals surface area contributed by atoms with Gasteiger partial charge in [-0.1, -0.05) is 48.0 Å². The molecule has 1 atom stereocenters. The lowest BCUT2D eigenvalue weighted by Crippen LogP contribution is -2.34. The quantitative estimate of drug-likeness (QED) is 0.737. The van der Waals surface area contributed by atoms with E-state index in [1.807, 2.05) is 44.2 Å². The topological polar surface area (TPSA) is 63.2 Å². The van der Waals surface area contributed by atoms with Gasteiger partial charge in [0.25, 0.3) is 0 Å². The molecule has 0 saturated carbocycles. The van der Waals surface area contributed by atoms with Crippen molar-refractivity contribution in [3.63, 3.8) is 0 Å². The molecular formula is C22H19NO3S. The summed E-state index contributed by atoms with van der Waals surface area (Å²) in [4.78, 5) is 13.5. The third kappa shape index (κ3) is 2.75. The molecule has 0 aromatic heterocycles. The predicted molar refractivity (Wildman–Crippen MR) is 105 cm³/mol. The van der Waals surface area contributed by atoms with Crippen LogP contribution in [0.3, 0.4) is 0 Å². The molecule has 0 saturated heterocycles. The molecule has 5 heteroatoms. The van der Waals surface area contributed by atoms with Crippen LogP contribution in [0.2, 0.25) is 0 Å². The molecule has 0 aliphatic carbocycles. The smallest absolute Gasteiger partial charge is 0.206 e. The highest BCUT2D eigenvalue weighted by Crippen LogP contribution is 2.40. The van der Waals surface area contributed by atoms with E-state index in [0.29, 0.717) is 11.3 Å². The second-order valence-corrected chi connectivity index (χ2v) is 8.92. The molecule has 0 amide bonds. The Hall–Kier alpha value is -2.92. The number of hydrogen-bond acceptors (Lipinski definition) is 4. The van der Waals surface area contributed by atoms with Crippen LogP contribution in [0, 0.1) is 6.92 Å². The highest BCUT2D eigenvalue weighted by molar-refractivity contribution is 7.91. The minimum atomic E-state index is -3.68. The Morgan fingerprint density at radius 3 is 2.15 bits per heavy atom. The summed E-state index contributed by atoms with van der Waals surface area (Å²) < 4.78 is 25.9. The molecular weight excluding hydrogens is 358 g/mol. The first-order valence-electron chi connectivity index (χ1n) is 8.67. The van der Waals surface area contributed by atoms with Crippen LogP contribution in [0.1, 0.15) is 28.4 Å². The Balaban J connectivity index is 1.77. The fourth-order valence-electron chi connectivity index (χ4n) is 3.41. The third-order valence-electron chi connectivity index (χ3n) is 5.07. The van der Waals surface area contributed by atoms with Gasteiger partial charge in [-0.2, -0.15) is 0 Å². The van der Waals surface area contributed by atoms with Crippen LogP contribution in [0.25, 0.3) is 0 Å². The second-order valence-electron chi connectivity index (χ2n) is 6.97. The molecule has 3 aromatic rings. The molecule has 27 heavy (non-hydrogen) atoms. The van der Waals surface area contributed by atoms with Crippen molar-refractivity contribution < 1.29 is 13.2 Å². The summed E-state index contributed by atoms with van der Waals surface area (Å²) in [6.07, 6.45) is 0. The van der Waals surface area contributed by atoms with Crippen molar-refractivity contribution in [1.29, 1.82) is 0 Å². The Labute approximate surface area is 158 Å². The van der Waals surface area contributed by atoms with Crippen LogP contribution >= 0.6 is 0 Å². The number of ketones is 1. The number of carbonyl (C=O) groups excluding carboxylic acids is 1.